The van der Waals surface area contributed by atoms with E-state index in [0.717, 1.165) is 21.3 Å². The molecule has 1 aromatic carbocycles. The molecule has 2 aromatic rings. The highest BCUT2D eigenvalue weighted by Gasteiger charge is 2.15. The lowest BCUT2D eigenvalue weighted by atomic mass is 10.1. The van der Waals surface area contributed by atoms with E-state index in [2.05, 4.69) is 10.9 Å². The van der Waals surface area contributed by atoms with Crippen molar-refractivity contribution in [2.24, 2.45) is 14.1 Å². The zero-order chi connectivity index (χ0) is 18.0. The lowest BCUT2D eigenvalue weighted by Crippen LogP contribution is -2.40. The van der Waals surface area contributed by atoms with E-state index < -0.39 is 22.1 Å². The third-order valence-electron chi connectivity index (χ3n) is 3.50. The van der Waals surface area contributed by atoms with Gasteiger partial charge in [-0.15, -0.1) is 0 Å². The van der Waals surface area contributed by atoms with Crippen LogP contribution in [0.25, 0.3) is 0 Å². The normalized spacial score (nSPS) is 10.3. The van der Waals surface area contributed by atoms with E-state index in [1.54, 1.807) is 6.92 Å². The molecular formula is C14H15N5O5. The highest BCUT2D eigenvalue weighted by atomic mass is 16.6. The Morgan fingerprint density at radius 2 is 1.83 bits per heavy atom. The Morgan fingerprint density at radius 3 is 2.46 bits per heavy atom. The van der Waals surface area contributed by atoms with Crippen LogP contribution in [-0.4, -0.2) is 20.0 Å². The van der Waals surface area contributed by atoms with Crippen LogP contribution in [-0.2, 0) is 14.1 Å². The molecule has 0 aliphatic heterocycles. The molecule has 0 spiro atoms. The van der Waals surface area contributed by atoms with Crippen LogP contribution in [0.1, 0.15) is 15.9 Å². The van der Waals surface area contributed by atoms with E-state index >= 15 is 0 Å². The van der Waals surface area contributed by atoms with Crippen molar-refractivity contribution in [3.05, 3.63) is 66.3 Å². The molecule has 1 aromatic heterocycles. The molecule has 0 saturated carbocycles. The Morgan fingerprint density at radius 1 is 1.17 bits per heavy atom. The number of amides is 1. The summed E-state index contributed by atoms with van der Waals surface area (Å²) in [6.45, 7) is 1.56. The Labute approximate surface area is 135 Å². The van der Waals surface area contributed by atoms with Crippen molar-refractivity contribution in [2.45, 2.75) is 6.92 Å². The highest BCUT2D eigenvalue weighted by Crippen LogP contribution is 2.19. The predicted molar refractivity (Wildman–Crippen MR) is 85.8 cm³/mol. The van der Waals surface area contributed by atoms with E-state index in [4.69, 9.17) is 0 Å². The topological polar surface area (TPSA) is 128 Å². The number of nitrogens with zero attached hydrogens (tertiary/aromatic N) is 3. The lowest BCUT2D eigenvalue weighted by Gasteiger charge is -2.12. The van der Waals surface area contributed by atoms with Crippen molar-refractivity contribution in [2.75, 3.05) is 5.43 Å². The van der Waals surface area contributed by atoms with E-state index in [0.29, 0.717) is 5.56 Å². The number of hydrazine groups is 1. The van der Waals surface area contributed by atoms with Gasteiger partial charge in [-0.2, -0.15) is 0 Å². The van der Waals surface area contributed by atoms with Crippen molar-refractivity contribution >= 4 is 17.4 Å². The number of hydrogen-bond donors (Lipinski definition) is 2. The minimum absolute atomic E-state index is 0.0635. The standard InChI is InChI=1S/C14H15N5O5/c1-8-4-5-9(6-10(8)19(23)24)13(21)16-15-11-7-12(20)18(3)14(22)17(11)2/h4-7,15H,1-3H3,(H,16,21). The average molecular weight is 333 g/mol. The first-order valence-electron chi connectivity index (χ1n) is 6.81. The van der Waals surface area contributed by atoms with Crippen molar-refractivity contribution < 1.29 is 9.72 Å². The second-order valence-corrected chi connectivity index (χ2v) is 5.11. The molecule has 0 bridgehead atoms. The Bertz CT molecular complexity index is 944. The maximum absolute atomic E-state index is 12.1. The SMILES string of the molecule is Cc1ccc(C(=O)NNc2cc(=O)n(C)c(=O)n2C)cc1[N+](=O)[O-]. The largest absolute Gasteiger partial charge is 0.332 e. The molecule has 126 valence electrons. The summed E-state index contributed by atoms with van der Waals surface area (Å²) in [6.07, 6.45) is 0. The predicted octanol–water partition coefficient (Wildman–Crippen LogP) is 0.0575. The van der Waals surface area contributed by atoms with Gasteiger partial charge >= 0.3 is 5.69 Å². The first kappa shape index (κ1) is 16.9. The fraction of sp³-hybridized carbons (Fsp3) is 0.214. The number of nitro benzene ring substituents is 1. The van der Waals surface area contributed by atoms with E-state index in [1.807, 2.05) is 0 Å². The summed E-state index contributed by atoms with van der Waals surface area (Å²) in [5.74, 6) is -0.565. The number of nitro groups is 1. The number of carbonyl (C=O) groups excluding carboxylic acids is 1. The van der Waals surface area contributed by atoms with Crippen molar-refractivity contribution in [1.82, 2.24) is 14.6 Å². The Hall–Kier alpha value is -3.43. The summed E-state index contributed by atoms with van der Waals surface area (Å²) in [5, 5.41) is 10.9. The smallest absolute Gasteiger partial charge is 0.283 e. The number of hydrogen-bond acceptors (Lipinski definition) is 6. The van der Waals surface area contributed by atoms with Crippen LogP contribution in [0.15, 0.2) is 33.9 Å². The number of anilines is 1. The van der Waals surface area contributed by atoms with E-state index in [-0.39, 0.29) is 17.1 Å². The van der Waals surface area contributed by atoms with Crippen LogP contribution in [0.2, 0.25) is 0 Å². The number of carbonyl (C=O) groups is 1. The molecule has 0 aliphatic rings. The molecule has 0 unspecified atom stereocenters. The lowest BCUT2D eigenvalue weighted by molar-refractivity contribution is -0.385. The summed E-state index contributed by atoms with van der Waals surface area (Å²) in [4.78, 5) is 45.8. The minimum Gasteiger partial charge on any atom is -0.283 e. The van der Waals surface area contributed by atoms with Gasteiger partial charge in [0.15, 0.2) is 0 Å². The van der Waals surface area contributed by atoms with Crippen LogP contribution in [0.4, 0.5) is 11.5 Å². The number of aryl methyl sites for hydroxylation is 1. The monoisotopic (exact) mass is 333 g/mol. The molecular weight excluding hydrogens is 318 g/mol. The Kier molecular flexibility index (Phi) is 4.49. The number of rotatable bonds is 4. The first-order chi connectivity index (χ1) is 11.2. The zero-order valence-electron chi connectivity index (χ0n) is 13.2. The summed E-state index contributed by atoms with van der Waals surface area (Å²) in [6, 6.07) is 5.18. The van der Waals surface area contributed by atoms with Crippen molar-refractivity contribution in [1.29, 1.82) is 0 Å². The van der Waals surface area contributed by atoms with Gasteiger partial charge in [-0.1, -0.05) is 6.07 Å². The molecule has 2 rings (SSSR count). The second-order valence-electron chi connectivity index (χ2n) is 5.11. The van der Waals surface area contributed by atoms with E-state index in [1.165, 1.54) is 26.2 Å². The fourth-order valence-corrected chi connectivity index (χ4v) is 1.99. The van der Waals surface area contributed by atoms with Gasteiger partial charge in [0.1, 0.15) is 5.82 Å². The fourth-order valence-electron chi connectivity index (χ4n) is 1.99. The van der Waals surface area contributed by atoms with Crippen LogP contribution in [0.5, 0.6) is 0 Å². The molecule has 24 heavy (non-hydrogen) atoms. The van der Waals surface area contributed by atoms with Crippen molar-refractivity contribution in [3.8, 4) is 0 Å². The van der Waals surface area contributed by atoms with Gasteiger partial charge in [0.2, 0.25) is 0 Å². The quantitative estimate of drug-likeness (QED) is 0.601. The molecule has 10 heteroatoms. The molecule has 0 aliphatic carbocycles. The highest BCUT2D eigenvalue weighted by molar-refractivity contribution is 5.95. The van der Waals surface area contributed by atoms with Gasteiger partial charge in [-0.3, -0.25) is 39.7 Å². The molecule has 2 N–H and O–H groups in total. The maximum atomic E-state index is 12.1. The number of aromatic nitrogens is 2. The third kappa shape index (κ3) is 3.16. The van der Waals surface area contributed by atoms with Crippen molar-refractivity contribution in [3.63, 3.8) is 0 Å². The summed E-state index contributed by atoms with van der Waals surface area (Å²) < 4.78 is 2.05. The molecule has 0 atom stereocenters. The maximum Gasteiger partial charge on any atom is 0.332 e. The van der Waals surface area contributed by atoms with Gasteiger partial charge in [0, 0.05) is 37.4 Å². The molecule has 0 saturated heterocycles. The zero-order valence-corrected chi connectivity index (χ0v) is 13.2. The van der Waals surface area contributed by atoms with Gasteiger partial charge in [-0.05, 0) is 13.0 Å². The first-order valence-corrected chi connectivity index (χ1v) is 6.81. The number of benzene rings is 1. The van der Waals surface area contributed by atoms with Crippen LogP contribution in [0, 0.1) is 17.0 Å². The summed E-state index contributed by atoms with van der Waals surface area (Å²) in [5.41, 5.74) is 3.97. The molecule has 1 heterocycles. The minimum atomic E-state index is -0.647. The van der Waals surface area contributed by atoms with Gasteiger partial charge < -0.3 is 0 Å². The van der Waals surface area contributed by atoms with Gasteiger partial charge in [-0.25, -0.2) is 4.79 Å². The van der Waals surface area contributed by atoms with Crippen LogP contribution < -0.4 is 22.1 Å². The molecule has 10 nitrogen and oxygen atoms in total. The second kappa shape index (κ2) is 6.36. The van der Waals surface area contributed by atoms with Crippen LogP contribution in [0.3, 0.4) is 0 Å². The van der Waals surface area contributed by atoms with Crippen LogP contribution >= 0.6 is 0 Å². The third-order valence-corrected chi connectivity index (χ3v) is 3.50. The average Bonchev–Trinajstić information content (AvgIpc) is 2.54. The van der Waals surface area contributed by atoms with Gasteiger partial charge in [0.05, 0.1) is 4.92 Å². The molecule has 0 radical (unpaired) electrons. The molecule has 0 fully saturated rings. The summed E-state index contributed by atoms with van der Waals surface area (Å²) >= 11 is 0. The number of nitrogens with one attached hydrogen (secondary N) is 2. The molecule has 1 amide bonds. The summed E-state index contributed by atoms with van der Waals surface area (Å²) in [7, 11) is 2.76. The van der Waals surface area contributed by atoms with Gasteiger partial charge in [0.25, 0.3) is 17.2 Å². The van der Waals surface area contributed by atoms with E-state index in [9.17, 15) is 24.5 Å². The Balaban J connectivity index is 2.23.